The average Bonchev–Trinajstić information content (AvgIpc) is 2.23. The fourth-order valence-corrected chi connectivity index (χ4v) is 1.39. The summed E-state index contributed by atoms with van der Waals surface area (Å²) >= 11 is 0. The van der Waals surface area contributed by atoms with Gasteiger partial charge in [-0.2, -0.15) is 5.26 Å². The summed E-state index contributed by atoms with van der Waals surface area (Å²) in [6.45, 7) is 0.861. The van der Waals surface area contributed by atoms with Gasteiger partial charge in [0.05, 0.1) is 12.5 Å². The van der Waals surface area contributed by atoms with E-state index in [1.165, 1.54) is 12.1 Å². The molecule has 1 aliphatic rings. The molecule has 0 atom stereocenters. The van der Waals surface area contributed by atoms with Crippen LogP contribution in [0.1, 0.15) is 5.56 Å². The highest BCUT2D eigenvalue weighted by Gasteiger charge is 2.18. The van der Waals surface area contributed by atoms with E-state index >= 15 is 0 Å². The zero-order valence-electron chi connectivity index (χ0n) is 7.42. The van der Waals surface area contributed by atoms with Crippen LogP contribution in [0.3, 0.4) is 0 Å². The van der Waals surface area contributed by atoms with Crippen LogP contribution < -0.4 is 9.47 Å². The van der Waals surface area contributed by atoms with Gasteiger partial charge in [-0.25, -0.2) is 4.39 Å². The van der Waals surface area contributed by atoms with Crippen LogP contribution in [0.15, 0.2) is 12.1 Å². The normalized spacial score (nSPS) is 13.4. The molecule has 0 spiro atoms. The lowest BCUT2D eigenvalue weighted by Crippen LogP contribution is -2.17. The second kappa shape index (κ2) is 3.54. The highest BCUT2D eigenvalue weighted by molar-refractivity contribution is 5.49. The number of fused-ring (bicyclic) bond motifs is 1. The van der Waals surface area contributed by atoms with E-state index in [0.717, 1.165) is 0 Å². The smallest absolute Gasteiger partial charge is 0.168 e. The Bertz CT molecular complexity index is 398. The largest absolute Gasteiger partial charge is 0.486 e. The average molecular weight is 193 g/mol. The number of hydrogen-bond donors (Lipinski definition) is 0. The van der Waals surface area contributed by atoms with Crippen molar-refractivity contribution in [3.05, 3.63) is 23.5 Å². The van der Waals surface area contributed by atoms with Gasteiger partial charge in [0.1, 0.15) is 19.0 Å². The summed E-state index contributed by atoms with van der Waals surface area (Å²) in [5.74, 6) is 0.469. The van der Waals surface area contributed by atoms with Crippen molar-refractivity contribution in [2.45, 2.75) is 6.42 Å². The Kier molecular flexibility index (Phi) is 2.23. The van der Waals surface area contributed by atoms with Crippen LogP contribution in [-0.2, 0) is 6.42 Å². The maximum Gasteiger partial charge on any atom is 0.168 e. The van der Waals surface area contributed by atoms with E-state index in [-0.39, 0.29) is 12.0 Å². The lowest BCUT2D eigenvalue weighted by molar-refractivity contribution is 0.169. The van der Waals surface area contributed by atoms with Crippen LogP contribution in [0, 0.1) is 17.1 Å². The molecule has 0 bridgehead atoms. The van der Waals surface area contributed by atoms with Crippen LogP contribution in [0.25, 0.3) is 0 Å². The van der Waals surface area contributed by atoms with Gasteiger partial charge in [-0.05, 0) is 12.1 Å². The van der Waals surface area contributed by atoms with Gasteiger partial charge in [-0.15, -0.1) is 0 Å². The van der Waals surface area contributed by atoms with Gasteiger partial charge in [-0.1, -0.05) is 0 Å². The quantitative estimate of drug-likeness (QED) is 0.681. The Balaban J connectivity index is 2.50. The summed E-state index contributed by atoms with van der Waals surface area (Å²) in [5.41, 5.74) is 0.282. The van der Waals surface area contributed by atoms with Crippen molar-refractivity contribution in [2.75, 3.05) is 13.2 Å². The molecule has 0 N–H and O–H groups in total. The first kappa shape index (κ1) is 8.82. The van der Waals surface area contributed by atoms with Crippen molar-refractivity contribution in [1.82, 2.24) is 0 Å². The van der Waals surface area contributed by atoms with E-state index in [1.54, 1.807) is 0 Å². The molecule has 0 radical (unpaired) electrons. The number of halogens is 1. The number of benzene rings is 1. The van der Waals surface area contributed by atoms with Crippen molar-refractivity contribution in [3.63, 3.8) is 0 Å². The number of rotatable bonds is 1. The molecular formula is C10H8FNO2. The third-order valence-electron chi connectivity index (χ3n) is 2.01. The molecule has 2 rings (SSSR count). The number of nitrogens with zero attached hydrogens (tertiary/aromatic N) is 1. The lowest BCUT2D eigenvalue weighted by atomic mass is 10.1. The third-order valence-corrected chi connectivity index (χ3v) is 2.01. The molecular weight excluding hydrogens is 185 g/mol. The Morgan fingerprint density at radius 2 is 2.14 bits per heavy atom. The number of hydrogen-bond acceptors (Lipinski definition) is 3. The zero-order chi connectivity index (χ0) is 9.97. The van der Waals surface area contributed by atoms with Gasteiger partial charge >= 0.3 is 0 Å². The first-order chi connectivity index (χ1) is 6.83. The summed E-state index contributed by atoms with van der Waals surface area (Å²) in [4.78, 5) is 0. The molecule has 72 valence electrons. The molecule has 1 aliphatic heterocycles. The standard InChI is InChI=1S/C10H8FNO2/c11-8-1-2-9-10(7(8)3-4-12)14-6-5-13-9/h1-2H,3,5-6H2. The van der Waals surface area contributed by atoms with Crippen LogP contribution in [-0.4, -0.2) is 13.2 Å². The molecule has 0 unspecified atom stereocenters. The molecule has 0 fully saturated rings. The molecule has 4 heteroatoms. The van der Waals surface area contributed by atoms with E-state index in [2.05, 4.69) is 0 Å². The first-order valence-corrected chi connectivity index (χ1v) is 4.27. The predicted octanol–water partition coefficient (Wildman–Crippen LogP) is 1.66. The Hall–Kier alpha value is -1.76. The van der Waals surface area contributed by atoms with Gasteiger partial charge < -0.3 is 9.47 Å². The molecule has 0 amide bonds. The maximum absolute atomic E-state index is 13.3. The molecule has 0 aliphatic carbocycles. The fourth-order valence-electron chi connectivity index (χ4n) is 1.39. The van der Waals surface area contributed by atoms with E-state index < -0.39 is 5.82 Å². The minimum atomic E-state index is -0.421. The second-order valence-corrected chi connectivity index (χ2v) is 2.89. The highest BCUT2D eigenvalue weighted by atomic mass is 19.1. The fraction of sp³-hybridized carbons (Fsp3) is 0.300. The van der Waals surface area contributed by atoms with Crippen molar-refractivity contribution < 1.29 is 13.9 Å². The monoisotopic (exact) mass is 193 g/mol. The summed E-state index contributed by atoms with van der Waals surface area (Å²) in [6.07, 6.45) is -0.00162. The van der Waals surface area contributed by atoms with E-state index in [0.29, 0.717) is 24.7 Å². The summed E-state index contributed by atoms with van der Waals surface area (Å²) < 4.78 is 23.8. The summed E-state index contributed by atoms with van der Waals surface area (Å²) in [5, 5.41) is 8.53. The minimum Gasteiger partial charge on any atom is -0.486 e. The van der Waals surface area contributed by atoms with Crippen LogP contribution in [0.5, 0.6) is 11.5 Å². The highest BCUT2D eigenvalue weighted by Crippen LogP contribution is 2.35. The molecule has 0 saturated heterocycles. The third kappa shape index (κ3) is 1.37. The SMILES string of the molecule is N#CCc1c(F)ccc2c1OCCO2. The molecule has 3 nitrogen and oxygen atoms in total. The Morgan fingerprint density at radius 1 is 1.36 bits per heavy atom. The van der Waals surface area contributed by atoms with E-state index in [9.17, 15) is 4.39 Å². The van der Waals surface area contributed by atoms with Gasteiger partial charge in [0.25, 0.3) is 0 Å². The van der Waals surface area contributed by atoms with Crippen LogP contribution >= 0.6 is 0 Å². The van der Waals surface area contributed by atoms with Gasteiger partial charge in [0.2, 0.25) is 0 Å². The second-order valence-electron chi connectivity index (χ2n) is 2.89. The maximum atomic E-state index is 13.3. The Labute approximate surface area is 80.7 Å². The first-order valence-electron chi connectivity index (χ1n) is 4.27. The van der Waals surface area contributed by atoms with Crippen molar-refractivity contribution in [1.29, 1.82) is 5.26 Å². The molecule has 1 aromatic rings. The molecule has 14 heavy (non-hydrogen) atoms. The Morgan fingerprint density at radius 3 is 2.93 bits per heavy atom. The number of nitriles is 1. The van der Waals surface area contributed by atoms with Gasteiger partial charge in [0, 0.05) is 5.56 Å². The molecule has 1 heterocycles. The lowest BCUT2D eigenvalue weighted by Gasteiger charge is -2.20. The number of ether oxygens (including phenoxy) is 2. The summed E-state index contributed by atoms with van der Waals surface area (Å²) in [6, 6.07) is 4.71. The van der Waals surface area contributed by atoms with E-state index in [4.69, 9.17) is 14.7 Å². The molecule has 1 aromatic carbocycles. The zero-order valence-corrected chi connectivity index (χ0v) is 7.42. The van der Waals surface area contributed by atoms with Crippen LogP contribution in [0.2, 0.25) is 0 Å². The minimum absolute atomic E-state index is 0.00162. The van der Waals surface area contributed by atoms with Crippen LogP contribution in [0.4, 0.5) is 4.39 Å². The van der Waals surface area contributed by atoms with E-state index in [1.807, 2.05) is 6.07 Å². The van der Waals surface area contributed by atoms with Gasteiger partial charge in [-0.3, -0.25) is 0 Å². The topological polar surface area (TPSA) is 42.2 Å². The van der Waals surface area contributed by atoms with Crippen molar-refractivity contribution in [3.8, 4) is 17.6 Å². The van der Waals surface area contributed by atoms with Gasteiger partial charge in [0.15, 0.2) is 11.5 Å². The molecule has 0 saturated carbocycles. The summed E-state index contributed by atoms with van der Waals surface area (Å²) in [7, 11) is 0. The molecule has 0 aromatic heterocycles. The predicted molar refractivity (Wildman–Crippen MR) is 46.7 cm³/mol. The van der Waals surface area contributed by atoms with Crippen molar-refractivity contribution in [2.24, 2.45) is 0 Å². The van der Waals surface area contributed by atoms with Crippen molar-refractivity contribution >= 4 is 0 Å².